The van der Waals surface area contributed by atoms with Crippen LogP contribution in [0.25, 0.3) is 0 Å². The van der Waals surface area contributed by atoms with Crippen molar-refractivity contribution in [3.63, 3.8) is 0 Å². The maximum absolute atomic E-state index is 10.5. The molecular formula is C4H8BrNO2S. The summed E-state index contributed by atoms with van der Waals surface area (Å²) in [5.74, 6) is 0. The van der Waals surface area contributed by atoms with Gasteiger partial charge in [0.15, 0.2) is 0 Å². The van der Waals surface area contributed by atoms with Crippen molar-refractivity contribution in [2.45, 2.75) is 0 Å². The number of hydrogen-bond donors (Lipinski definition) is 2. The van der Waals surface area contributed by atoms with Gasteiger partial charge in [0.05, 0.1) is 11.9 Å². The Kier molecular flexibility index (Phi) is 6.84. The first kappa shape index (κ1) is 9.42. The number of alkyl halides is 1. The van der Waals surface area contributed by atoms with E-state index in [1.165, 1.54) is 0 Å². The molecule has 0 unspecified atom stereocenters. The molecule has 0 aliphatic carbocycles. The fourth-order valence-electron chi connectivity index (χ4n) is 0.204. The highest BCUT2D eigenvalue weighted by Crippen LogP contribution is 1.97. The van der Waals surface area contributed by atoms with Gasteiger partial charge in [-0.05, 0) is 11.9 Å². The van der Waals surface area contributed by atoms with Crippen molar-refractivity contribution in [2.75, 3.05) is 18.5 Å². The molecule has 0 atom stereocenters. The second kappa shape index (κ2) is 6.54. The number of nitrogens with one attached hydrogen (secondary N) is 1. The Balaban J connectivity index is 2.97. The molecule has 54 valence electrons. The minimum atomic E-state index is 0.0171. The summed E-state index contributed by atoms with van der Waals surface area (Å²) in [6.45, 7) is 0.506. The first-order valence-corrected chi connectivity index (χ1v) is 4.34. The molecular weight excluding hydrogens is 206 g/mol. The van der Waals surface area contributed by atoms with Gasteiger partial charge < -0.3 is 5.11 Å². The lowest BCUT2D eigenvalue weighted by Crippen LogP contribution is -2.12. The van der Waals surface area contributed by atoms with Crippen molar-refractivity contribution in [1.29, 1.82) is 0 Å². The van der Waals surface area contributed by atoms with Gasteiger partial charge in [-0.25, -0.2) is 0 Å². The van der Waals surface area contributed by atoms with Crippen LogP contribution in [0.3, 0.4) is 0 Å². The van der Waals surface area contributed by atoms with Crippen LogP contribution in [-0.4, -0.2) is 28.7 Å². The molecule has 2 N–H and O–H groups in total. The molecule has 3 nitrogen and oxygen atoms in total. The second-order valence-electron chi connectivity index (χ2n) is 1.23. The molecule has 0 aromatic heterocycles. The van der Waals surface area contributed by atoms with Gasteiger partial charge in [0.1, 0.15) is 0 Å². The maximum Gasteiger partial charge on any atom is 0.214 e. The molecule has 0 saturated carbocycles. The first-order chi connectivity index (χ1) is 4.31. The minimum Gasteiger partial charge on any atom is -0.395 e. The quantitative estimate of drug-likeness (QED) is 0.397. The number of carbonyl (C=O) groups excluding carboxylic acids is 1. The van der Waals surface area contributed by atoms with Crippen LogP contribution >= 0.6 is 27.9 Å². The molecule has 0 heterocycles. The van der Waals surface area contributed by atoms with Crippen molar-refractivity contribution in [2.24, 2.45) is 0 Å². The van der Waals surface area contributed by atoms with Crippen LogP contribution in [0.2, 0.25) is 0 Å². The van der Waals surface area contributed by atoms with Crippen LogP contribution in [0, 0.1) is 0 Å². The predicted molar refractivity (Wildman–Crippen MR) is 41.5 cm³/mol. The van der Waals surface area contributed by atoms with Crippen molar-refractivity contribution in [1.82, 2.24) is 4.72 Å². The van der Waals surface area contributed by atoms with Crippen LogP contribution in [0.15, 0.2) is 0 Å². The van der Waals surface area contributed by atoms with E-state index >= 15 is 0 Å². The number of carbonyl (C=O) groups is 1. The highest BCUT2D eigenvalue weighted by Gasteiger charge is 1.96. The Bertz CT molecular complexity index is 90.6. The van der Waals surface area contributed by atoms with Gasteiger partial charge in [-0.1, -0.05) is 15.9 Å². The van der Waals surface area contributed by atoms with Crippen molar-refractivity contribution in [3.8, 4) is 0 Å². The summed E-state index contributed by atoms with van der Waals surface area (Å²) in [5.41, 5.74) is 0. The molecule has 0 fully saturated rings. The molecule has 0 radical (unpaired) electrons. The zero-order chi connectivity index (χ0) is 7.11. The van der Waals surface area contributed by atoms with E-state index in [-0.39, 0.29) is 11.7 Å². The average molecular weight is 214 g/mol. The highest BCUT2D eigenvalue weighted by atomic mass is 79.9. The lowest BCUT2D eigenvalue weighted by Gasteiger charge is -1.95. The fraction of sp³-hybridized carbons (Fsp3) is 0.750. The Morgan fingerprint density at radius 2 is 2.44 bits per heavy atom. The Labute approximate surface area is 66.5 Å². The molecule has 5 heteroatoms. The Morgan fingerprint density at radius 1 is 1.78 bits per heavy atom. The molecule has 0 aromatic rings. The van der Waals surface area contributed by atoms with E-state index in [0.29, 0.717) is 11.9 Å². The van der Waals surface area contributed by atoms with E-state index in [1.54, 1.807) is 0 Å². The molecule has 0 aromatic carbocycles. The second-order valence-corrected chi connectivity index (χ2v) is 2.73. The van der Waals surface area contributed by atoms with Gasteiger partial charge >= 0.3 is 0 Å². The summed E-state index contributed by atoms with van der Waals surface area (Å²) >= 11 is 4.00. The fourth-order valence-corrected chi connectivity index (χ4v) is 0.957. The monoisotopic (exact) mass is 213 g/mol. The van der Waals surface area contributed by atoms with Crippen LogP contribution < -0.4 is 4.72 Å². The van der Waals surface area contributed by atoms with Crippen LogP contribution in [0.4, 0.5) is 0 Å². The summed E-state index contributed by atoms with van der Waals surface area (Å²) in [5, 5.41) is 8.61. The molecule has 0 aliphatic rings. The molecule has 9 heavy (non-hydrogen) atoms. The molecule has 0 bridgehead atoms. The number of rotatable bonds is 4. The lowest BCUT2D eigenvalue weighted by molar-refractivity contribution is -0.108. The van der Waals surface area contributed by atoms with Crippen molar-refractivity contribution in [3.05, 3.63) is 0 Å². The van der Waals surface area contributed by atoms with Crippen LogP contribution in [-0.2, 0) is 4.79 Å². The first-order valence-electron chi connectivity index (χ1n) is 2.40. The summed E-state index contributed by atoms with van der Waals surface area (Å²) in [7, 11) is 0. The zero-order valence-corrected chi connectivity index (χ0v) is 7.17. The SMILES string of the molecule is O=C(CBr)SNCCO. The average Bonchev–Trinajstić information content (AvgIpc) is 1.89. The largest absolute Gasteiger partial charge is 0.395 e. The minimum absolute atomic E-state index is 0.0171. The van der Waals surface area contributed by atoms with Crippen molar-refractivity contribution < 1.29 is 9.90 Å². The van der Waals surface area contributed by atoms with Crippen molar-refractivity contribution >= 4 is 33.0 Å². The van der Waals surface area contributed by atoms with E-state index in [1.807, 2.05) is 0 Å². The number of aliphatic hydroxyl groups is 1. The standard InChI is InChI=1S/C4H8BrNO2S/c5-3-4(8)9-6-1-2-7/h6-7H,1-3H2. The van der Waals surface area contributed by atoms with E-state index in [0.717, 1.165) is 11.9 Å². The topological polar surface area (TPSA) is 49.3 Å². The summed E-state index contributed by atoms with van der Waals surface area (Å²) in [6.07, 6.45) is 0. The number of hydrogen-bond acceptors (Lipinski definition) is 4. The molecule has 0 spiro atoms. The summed E-state index contributed by atoms with van der Waals surface area (Å²) in [4.78, 5) is 10.5. The number of halogens is 1. The van der Waals surface area contributed by atoms with E-state index in [9.17, 15) is 4.79 Å². The summed E-state index contributed by atoms with van der Waals surface area (Å²) < 4.78 is 2.67. The molecule has 0 amide bonds. The normalized spacial score (nSPS) is 9.56. The van der Waals surface area contributed by atoms with Gasteiger partial charge in [0.25, 0.3) is 0 Å². The van der Waals surface area contributed by atoms with E-state index < -0.39 is 0 Å². The van der Waals surface area contributed by atoms with Crippen LogP contribution in [0.5, 0.6) is 0 Å². The predicted octanol–water partition coefficient (Wildman–Crippen LogP) is 0.138. The lowest BCUT2D eigenvalue weighted by atomic mass is 10.8. The van der Waals surface area contributed by atoms with Crippen LogP contribution in [0.1, 0.15) is 0 Å². The third kappa shape index (κ3) is 6.30. The van der Waals surface area contributed by atoms with E-state index in [4.69, 9.17) is 5.11 Å². The Morgan fingerprint density at radius 3 is 2.89 bits per heavy atom. The molecule has 0 rings (SSSR count). The van der Waals surface area contributed by atoms with Gasteiger partial charge in [-0.3, -0.25) is 9.52 Å². The smallest absolute Gasteiger partial charge is 0.214 e. The third-order valence-corrected chi connectivity index (χ3v) is 2.11. The van der Waals surface area contributed by atoms with Gasteiger partial charge in [-0.15, -0.1) is 0 Å². The van der Waals surface area contributed by atoms with E-state index in [2.05, 4.69) is 20.7 Å². The highest BCUT2D eigenvalue weighted by molar-refractivity contribution is 9.09. The van der Waals surface area contributed by atoms with Gasteiger partial charge in [0, 0.05) is 6.54 Å². The van der Waals surface area contributed by atoms with Gasteiger partial charge in [0.2, 0.25) is 5.12 Å². The summed E-state index contributed by atoms with van der Waals surface area (Å²) in [6, 6.07) is 0. The van der Waals surface area contributed by atoms with Gasteiger partial charge in [-0.2, -0.15) is 0 Å². The molecule has 0 aliphatic heterocycles. The zero-order valence-electron chi connectivity index (χ0n) is 4.76. The Hall–Kier alpha value is 0.420. The maximum atomic E-state index is 10.5. The third-order valence-electron chi connectivity index (χ3n) is 0.509. The molecule has 0 saturated heterocycles. The number of aliphatic hydroxyl groups excluding tert-OH is 1.